The van der Waals surface area contributed by atoms with Gasteiger partial charge in [-0.25, -0.2) is 0 Å². The van der Waals surface area contributed by atoms with Crippen LogP contribution in [0.15, 0.2) is 59.2 Å². The number of aliphatic imine (C=N–C) groups is 1. The molecule has 0 aromatic heterocycles. The Balaban J connectivity index is 1.63. The van der Waals surface area contributed by atoms with Crippen molar-refractivity contribution in [3.8, 4) is 0 Å². The molecule has 4 rings (SSSR count). The number of hydrogen-bond donors (Lipinski definition) is 1. The van der Waals surface area contributed by atoms with Crippen molar-refractivity contribution in [2.24, 2.45) is 10.9 Å². The van der Waals surface area contributed by atoms with Gasteiger partial charge in [-0.05, 0) is 86.3 Å². The number of carbonyl (C=O) groups is 1. The maximum atomic E-state index is 13.0. The molecule has 0 radical (unpaired) electrons. The first kappa shape index (κ1) is 22.5. The first-order valence-corrected chi connectivity index (χ1v) is 11.9. The summed E-state index contributed by atoms with van der Waals surface area (Å²) in [5.41, 5.74) is 6.72. The quantitative estimate of drug-likeness (QED) is 0.636. The number of rotatable bonds is 6. The largest absolute Gasteiger partial charge is 0.381 e. The van der Waals surface area contributed by atoms with Crippen LogP contribution in [0.1, 0.15) is 70.6 Å². The van der Waals surface area contributed by atoms with E-state index in [9.17, 15) is 4.79 Å². The predicted molar refractivity (Wildman–Crippen MR) is 131 cm³/mol. The van der Waals surface area contributed by atoms with Crippen molar-refractivity contribution in [2.45, 2.75) is 51.9 Å². The van der Waals surface area contributed by atoms with E-state index in [4.69, 9.17) is 9.73 Å². The van der Waals surface area contributed by atoms with E-state index < -0.39 is 0 Å². The summed E-state index contributed by atoms with van der Waals surface area (Å²) in [7, 11) is 0. The summed E-state index contributed by atoms with van der Waals surface area (Å²) in [5.74, 6) is 0.521. The van der Waals surface area contributed by atoms with Crippen LogP contribution in [-0.4, -0.2) is 31.9 Å². The molecule has 4 nitrogen and oxygen atoms in total. The highest BCUT2D eigenvalue weighted by Gasteiger charge is 2.23. The second-order valence-corrected chi connectivity index (χ2v) is 8.98. The normalized spacial score (nSPS) is 18.0. The molecular weight excluding hydrogens is 396 g/mol. The Labute approximate surface area is 191 Å². The molecule has 0 aliphatic carbocycles. The Hall–Kier alpha value is -2.72. The molecule has 2 aliphatic rings. The molecule has 1 atom stereocenters. The van der Waals surface area contributed by atoms with E-state index in [2.05, 4.69) is 49.5 Å². The van der Waals surface area contributed by atoms with Gasteiger partial charge in [-0.2, -0.15) is 0 Å². The fourth-order valence-corrected chi connectivity index (χ4v) is 4.62. The van der Waals surface area contributed by atoms with E-state index in [1.807, 2.05) is 24.4 Å². The maximum Gasteiger partial charge on any atom is 0.251 e. The first-order chi connectivity index (χ1) is 15.6. The number of benzene rings is 2. The average molecular weight is 431 g/mol. The van der Waals surface area contributed by atoms with E-state index in [1.54, 1.807) is 0 Å². The van der Waals surface area contributed by atoms with Gasteiger partial charge in [-0.3, -0.25) is 9.79 Å². The zero-order valence-electron chi connectivity index (χ0n) is 19.3. The van der Waals surface area contributed by atoms with Gasteiger partial charge in [0.05, 0.1) is 5.92 Å². The minimum absolute atomic E-state index is 0.00333. The van der Waals surface area contributed by atoms with Gasteiger partial charge in [0.15, 0.2) is 0 Å². The van der Waals surface area contributed by atoms with Gasteiger partial charge < -0.3 is 10.1 Å². The third kappa shape index (κ3) is 5.36. The van der Waals surface area contributed by atoms with Crippen molar-refractivity contribution < 1.29 is 9.53 Å². The molecule has 168 valence electrons. The summed E-state index contributed by atoms with van der Waals surface area (Å²) in [6.45, 7) is 6.64. The molecule has 0 unspecified atom stereocenters. The fraction of sp³-hybridized carbons (Fsp3) is 0.429. The number of aryl methyl sites for hydroxylation is 1. The van der Waals surface area contributed by atoms with Gasteiger partial charge in [0, 0.05) is 37.2 Å². The minimum atomic E-state index is -0.00333. The van der Waals surface area contributed by atoms with Crippen molar-refractivity contribution >= 4 is 12.1 Å². The lowest BCUT2D eigenvalue weighted by molar-refractivity contribution is 0.0642. The number of carbonyl (C=O) groups excluding carboxylic acids is 1. The summed E-state index contributed by atoms with van der Waals surface area (Å²) in [4.78, 5) is 17.8. The average Bonchev–Trinajstić information content (AvgIpc) is 3.11. The van der Waals surface area contributed by atoms with Gasteiger partial charge in [-0.1, -0.05) is 36.4 Å². The van der Waals surface area contributed by atoms with E-state index in [0.29, 0.717) is 18.0 Å². The fourth-order valence-electron chi connectivity index (χ4n) is 4.62. The Bertz CT molecular complexity index is 1000. The first-order valence-electron chi connectivity index (χ1n) is 11.9. The number of hydrogen-bond acceptors (Lipinski definition) is 3. The van der Waals surface area contributed by atoms with Crippen LogP contribution >= 0.6 is 0 Å². The molecule has 1 amide bonds. The molecule has 32 heavy (non-hydrogen) atoms. The molecule has 0 bridgehead atoms. The van der Waals surface area contributed by atoms with Gasteiger partial charge in [-0.15, -0.1) is 0 Å². The minimum Gasteiger partial charge on any atom is -0.381 e. The molecule has 2 heterocycles. The van der Waals surface area contributed by atoms with Crippen LogP contribution in [0.3, 0.4) is 0 Å². The van der Waals surface area contributed by atoms with Crippen molar-refractivity contribution in [1.82, 2.24) is 5.32 Å². The summed E-state index contributed by atoms with van der Waals surface area (Å²) in [6, 6.07) is 14.6. The summed E-state index contributed by atoms with van der Waals surface area (Å²) < 4.78 is 5.43. The monoisotopic (exact) mass is 430 g/mol. The molecule has 2 aliphatic heterocycles. The molecule has 2 aromatic rings. The Morgan fingerprint density at radius 1 is 1.12 bits per heavy atom. The van der Waals surface area contributed by atoms with Crippen LogP contribution in [0, 0.1) is 19.8 Å². The molecule has 1 N–H and O–H groups in total. The van der Waals surface area contributed by atoms with Gasteiger partial charge in [0.1, 0.15) is 0 Å². The highest BCUT2D eigenvalue weighted by Crippen LogP contribution is 2.36. The Morgan fingerprint density at radius 3 is 2.78 bits per heavy atom. The number of ether oxygens (including phenoxy) is 1. The third-order valence-electron chi connectivity index (χ3n) is 6.76. The number of nitrogens with zero attached hydrogens (tertiary/aromatic N) is 1. The van der Waals surface area contributed by atoms with Crippen molar-refractivity contribution in [1.29, 1.82) is 0 Å². The van der Waals surface area contributed by atoms with Crippen LogP contribution < -0.4 is 5.32 Å². The summed E-state index contributed by atoms with van der Waals surface area (Å²) in [5, 5.41) is 3.15. The molecule has 2 aromatic carbocycles. The van der Waals surface area contributed by atoms with Gasteiger partial charge in [0.25, 0.3) is 5.91 Å². The lowest BCUT2D eigenvalue weighted by Gasteiger charge is -2.23. The maximum absolute atomic E-state index is 13.0. The number of allylic oxidation sites excluding steroid dienone is 2. The molecular formula is C28H34N2O2. The van der Waals surface area contributed by atoms with Crippen molar-refractivity contribution in [3.63, 3.8) is 0 Å². The third-order valence-corrected chi connectivity index (χ3v) is 6.76. The standard InChI is InChI=1S/C28H34N2O2/c1-20-8-6-11-25(21(20)2)27(26-12-4-3-5-15-29-26)23-9-7-10-24(18-23)28(31)30-19-22-13-16-32-17-14-22/h6-12,15,18,22,27H,3-5,13-14,16-17,19H2,1-2H3,(H,30,31)/t27-/m0/s1. The second kappa shape index (κ2) is 10.7. The zero-order chi connectivity index (χ0) is 22.3. The van der Waals surface area contributed by atoms with Crippen molar-refractivity contribution in [2.75, 3.05) is 19.8 Å². The van der Waals surface area contributed by atoms with E-state index in [1.165, 1.54) is 16.7 Å². The van der Waals surface area contributed by atoms with Crippen LogP contribution in [0.2, 0.25) is 0 Å². The highest BCUT2D eigenvalue weighted by molar-refractivity contribution is 5.94. The van der Waals surface area contributed by atoms with E-state index in [-0.39, 0.29) is 11.8 Å². The topological polar surface area (TPSA) is 50.7 Å². The number of nitrogens with one attached hydrogen (secondary N) is 1. The van der Waals surface area contributed by atoms with Crippen LogP contribution in [0.5, 0.6) is 0 Å². The molecule has 0 saturated carbocycles. The predicted octanol–water partition coefficient (Wildman–Crippen LogP) is 5.73. The molecule has 1 saturated heterocycles. The Kier molecular flexibility index (Phi) is 7.54. The zero-order valence-corrected chi connectivity index (χ0v) is 19.3. The molecule has 0 spiro atoms. The van der Waals surface area contributed by atoms with E-state index >= 15 is 0 Å². The number of amides is 1. The lowest BCUT2D eigenvalue weighted by Crippen LogP contribution is -2.32. The lowest BCUT2D eigenvalue weighted by atomic mass is 9.83. The second-order valence-electron chi connectivity index (χ2n) is 8.98. The SMILES string of the molecule is Cc1cccc([C@@H](C2=CCCCC=N2)c2cccc(C(=O)NCC3CCOCC3)c2)c1C. The van der Waals surface area contributed by atoms with Gasteiger partial charge >= 0.3 is 0 Å². The summed E-state index contributed by atoms with van der Waals surface area (Å²) >= 11 is 0. The molecule has 1 fully saturated rings. The van der Waals surface area contributed by atoms with E-state index in [0.717, 1.165) is 56.6 Å². The summed E-state index contributed by atoms with van der Waals surface area (Å²) in [6.07, 6.45) is 9.51. The van der Waals surface area contributed by atoms with Crippen LogP contribution in [0.25, 0.3) is 0 Å². The van der Waals surface area contributed by atoms with Crippen LogP contribution in [0.4, 0.5) is 0 Å². The van der Waals surface area contributed by atoms with Crippen LogP contribution in [-0.2, 0) is 4.74 Å². The Morgan fingerprint density at radius 2 is 1.94 bits per heavy atom. The molecule has 4 heteroatoms. The smallest absolute Gasteiger partial charge is 0.251 e. The van der Waals surface area contributed by atoms with Gasteiger partial charge in [0.2, 0.25) is 0 Å². The van der Waals surface area contributed by atoms with Crippen molar-refractivity contribution in [3.05, 3.63) is 82.1 Å². The highest BCUT2D eigenvalue weighted by atomic mass is 16.5.